The predicted molar refractivity (Wildman–Crippen MR) is 72.9 cm³/mol. The van der Waals surface area contributed by atoms with E-state index in [4.69, 9.17) is 27.9 Å². The van der Waals surface area contributed by atoms with Crippen molar-refractivity contribution in [3.63, 3.8) is 0 Å². The molecule has 100 valence electrons. The molecular formula is C13H16Cl2O3. The molecule has 0 aromatic heterocycles. The number of carbonyl (C=O) groups is 1. The minimum absolute atomic E-state index is 0.0855. The fourth-order valence-electron chi connectivity index (χ4n) is 1.48. The Balaban J connectivity index is 2.94. The molecule has 0 heterocycles. The van der Waals surface area contributed by atoms with Gasteiger partial charge >= 0.3 is 0 Å². The molecule has 0 saturated heterocycles. The third kappa shape index (κ3) is 3.61. The van der Waals surface area contributed by atoms with Gasteiger partial charge in [0.25, 0.3) is 0 Å². The van der Waals surface area contributed by atoms with Crippen LogP contribution in [0.15, 0.2) is 12.1 Å². The summed E-state index contributed by atoms with van der Waals surface area (Å²) in [6, 6.07) is 2.98. The van der Waals surface area contributed by atoms with Crippen molar-refractivity contribution in [2.75, 3.05) is 6.61 Å². The first-order chi connectivity index (χ1) is 8.45. The maximum absolute atomic E-state index is 10.9. The van der Waals surface area contributed by atoms with Crippen LogP contribution in [-0.2, 0) is 0 Å². The molecule has 0 spiro atoms. The summed E-state index contributed by atoms with van der Waals surface area (Å²) in [6.45, 7) is 3.83. The molecular weight excluding hydrogens is 275 g/mol. The molecule has 0 aliphatic carbocycles. The van der Waals surface area contributed by atoms with Gasteiger partial charge < -0.3 is 9.84 Å². The number of rotatable bonds is 6. The van der Waals surface area contributed by atoms with E-state index in [0.717, 1.165) is 0 Å². The highest BCUT2D eigenvalue weighted by molar-refractivity contribution is 6.36. The van der Waals surface area contributed by atoms with Gasteiger partial charge in [0.05, 0.1) is 16.2 Å². The Labute approximate surface area is 117 Å². The van der Waals surface area contributed by atoms with Crippen molar-refractivity contribution < 1.29 is 14.6 Å². The van der Waals surface area contributed by atoms with Crippen LogP contribution in [0.5, 0.6) is 5.75 Å². The van der Waals surface area contributed by atoms with Crippen LogP contribution in [-0.4, -0.2) is 23.6 Å². The van der Waals surface area contributed by atoms with Crippen molar-refractivity contribution in [1.82, 2.24) is 0 Å². The largest absolute Gasteiger partial charge is 0.488 e. The maximum atomic E-state index is 10.9. The Kier molecular flexibility index (Phi) is 5.45. The first-order valence-electron chi connectivity index (χ1n) is 5.75. The van der Waals surface area contributed by atoms with Crippen LogP contribution in [0.25, 0.3) is 0 Å². The molecule has 0 saturated carbocycles. The molecule has 0 aliphatic rings. The summed E-state index contributed by atoms with van der Waals surface area (Å²) < 4.78 is 5.49. The van der Waals surface area contributed by atoms with Crippen molar-refractivity contribution in [2.24, 2.45) is 0 Å². The van der Waals surface area contributed by atoms with E-state index in [1.165, 1.54) is 12.1 Å². The summed E-state index contributed by atoms with van der Waals surface area (Å²) >= 11 is 11.8. The number of aldehydes is 1. The lowest BCUT2D eigenvalue weighted by atomic mass is 9.99. The van der Waals surface area contributed by atoms with Crippen LogP contribution >= 0.6 is 23.2 Å². The molecule has 0 unspecified atom stereocenters. The Hall–Kier alpha value is -0.770. The van der Waals surface area contributed by atoms with E-state index in [-0.39, 0.29) is 22.9 Å². The molecule has 0 radical (unpaired) electrons. The average Bonchev–Trinajstić information content (AvgIpc) is 2.36. The quantitative estimate of drug-likeness (QED) is 0.812. The smallest absolute Gasteiger partial charge is 0.153 e. The molecule has 18 heavy (non-hydrogen) atoms. The van der Waals surface area contributed by atoms with Crippen LogP contribution in [0.3, 0.4) is 0 Å². The Morgan fingerprint density at radius 3 is 2.44 bits per heavy atom. The zero-order valence-electron chi connectivity index (χ0n) is 10.4. The summed E-state index contributed by atoms with van der Waals surface area (Å²) in [5.41, 5.74) is -0.634. The Morgan fingerprint density at radius 2 is 1.94 bits per heavy atom. The van der Waals surface area contributed by atoms with E-state index >= 15 is 0 Å². The van der Waals surface area contributed by atoms with Gasteiger partial charge in [0.1, 0.15) is 12.4 Å². The highest BCUT2D eigenvalue weighted by Gasteiger charge is 2.24. The van der Waals surface area contributed by atoms with Gasteiger partial charge in [-0.3, -0.25) is 4.79 Å². The fraction of sp³-hybridized carbons (Fsp3) is 0.462. The van der Waals surface area contributed by atoms with E-state index in [1.807, 2.05) is 13.8 Å². The van der Waals surface area contributed by atoms with Crippen molar-refractivity contribution in [3.05, 3.63) is 27.7 Å². The van der Waals surface area contributed by atoms with Crippen LogP contribution in [0.4, 0.5) is 0 Å². The van der Waals surface area contributed by atoms with Gasteiger partial charge in [0, 0.05) is 5.02 Å². The Morgan fingerprint density at radius 1 is 1.33 bits per heavy atom. The van der Waals surface area contributed by atoms with Gasteiger partial charge in [-0.25, -0.2) is 0 Å². The van der Waals surface area contributed by atoms with Crippen LogP contribution < -0.4 is 4.74 Å². The number of hydrogen-bond donors (Lipinski definition) is 1. The normalized spacial score (nSPS) is 11.4. The third-order valence-electron chi connectivity index (χ3n) is 2.97. The van der Waals surface area contributed by atoms with Crippen LogP contribution in [0, 0.1) is 0 Å². The van der Waals surface area contributed by atoms with E-state index in [1.54, 1.807) is 0 Å². The molecule has 1 aromatic carbocycles. The van der Waals surface area contributed by atoms with Crippen LogP contribution in [0.2, 0.25) is 10.0 Å². The van der Waals surface area contributed by atoms with E-state index in [0.29, 0.717) is 24.2 Å². The summed E-state index contributed by atoms with van der Waals surface area (Å²) in [7, 11) is 0. The molecule has 0 bridgehead atoms. The second-order valence-electron chi connectivity index (χ2n) is 4.14. The molecule has 0 amide bonds. The molecule has 0 atom stereocenters. The SMILES string of the molecule is CCC(O)(CC)COc1c(Cl)cc(Cl)cc1C=O. The van der Waals surface area contributed by atoms with E-state index < -0.39 is 5.60 Å². The molecule has 1 rings (SSSR count). The summed E-state index contributed by atoms with van der Waals surface area (Å²) in [6.07, 6.45) is 1.75. The zero-order valence-corrected chi connectivity index (χ0v) is 11.9. The van der Waals surface area contributed by atoms with Gasteiger partial charge in [0.15, 0.2) is 6.29 Å². The van der Waals surface area contributed by atoms with Crippen molar-refractivity contribution in [3.8, 4) is 5.75 Å². The second kappa shape index (κ2) is 6.41. The van der Waals surface area contributed by atoms with Crippen LogP contribution in [0.1, 0.15) is 37.0 Å². The lowest BCUT2D eigenvalue weighted by Gasteiger charge is -2.25. The topological polar surface area (TPSA) is 46.5 Å². The minimum Gasteiger partial charge on any atom is -0.488 e. The van der Waals surface area contributed by atoms with Crippen molar-refractivity contribution in [1.29, 1.82) is 0 Å². The number of hydrogen-bond acceptors (Lipinski definition) is 3. The lowest BCUT2D eigenvalue weighted by molar-refractivity contribution is -0.0114. The number of halogens is 2. The first-order valence-corrected chi connectivity index (χ1v) is 6.50. The number of ether oxygens (including phenoxy) is 1. The Bertz CT molecular complexity index is 428. The molecule has 5 heteroatoms. The predicted octanol–water partition coefficient (Wildman–Crippen LogP) is 3.74. The average molecular weight is 291 g/mol. The zero-order chi connectivity index (χ0) is 13.8. The standard InChI is InChI=1S/C13H16Cl2O3/c1-3-13(17,4-2)8-18-12-9(7-16)5-10(14)6-11(12)15/h5-7,17H,3-4,8H2,1-2H3. The minimum atomic E-state index is -0.914. The number of benzene rings is 1. The molecule has 0 fully saturated rings. The number of aliphatic hydroxyl groups is 1. The van der Waals surface area contributed by atoms with Gasteiger partial charge in [-0.15, -0.1) is 0 Å². The van der Waals surface area contributed by atoms with E-state index in [2.05, 4.69) is 0 Å². The highest BCUT2D eigenvalue weighted by atomic mass is 35.5. The molecule has 1 aromatic rings. The summed E-state index contributed by atoms with van der Waals surface area (Å²) in [4.78, 5) is 10.9. The lowest BCUT2D eigenvalue weighted by Crippen LogP contribution is -2.34. The van der Waals surface area contributed by atoms with Gasteiger partial charge in [-0.2, -0.15) is 0 Å². The first kappa shape index (κ1) is 15.3. The number of carbonyl (C=O) groups excluding carboxylic acids is 1. The summed E-state index contributed by atoms with van der Waals surface area (Å²) in [5.74, 6) is 0.261. The van der Waals surface area contributed by atoms with Crippen molar-refractivity contribution >= 4 is 29.5 Å². The van der Waals surface area contributed by atoms with Gasteiger partial charge in [-0.05, 0) is 25.0 Å². The second-order valence-corrected chi connectivity index (χ2v) is 4.99. The van der Waals surface area contributed by atoms with Gasteiger partial charge in [-0.1, -0.05) is 37.0 Å². The maximum Gasteiger partial charge on any atom is 0.153 e. The molecule has 1 N–H and O–H groups in total. The summed E-state index contributed by atoms with van der Waals surface area (Å²) in [5, 5.41) is 10.8. The monoisotopic (exact) mass is 290 g/mol. The molecule has 3 nitrogen and oxygen atoms in total. The van der Waals surface area contributed by atoms with E-state index in [9.17, 15) is 9.90 Å². The van der Waals surface area contributed by atoms with Gasteiger partial charge in [0.2, 0.25) is 0 Å². The highest BCUT2D eigenvalue weighted by Crippen LogP contribution is 2.32. The molecule has 0 aliphatic heterocycles. The fourth-order valence-corrected chi connectivity index (χ4v) is 2.04. The third-order valence-corrected chi connectivity index (χ3v) is 3.46. The van der Waals surface area contributed by atoms with Crippen molar-refractivity contribution in [2.45, 2.75) is 32.3 Å².